The van der Waals surface area contributed by atoms with E-state index in [2.05, 4.69) is 10.6 Å². The molecule has 0 heterocycles. The minimum absolute atomic E-state index is 0.0765. The van der Waals surface area contributed by atoms with Crippen molar-refractivity contribution in [2.24, 2.45) is 0 Å². The highest BCUT2D eigenvalue weighted by molar-refractivity contribution is 5.89. The Labute approximate surface area is 173 Å². The van der Waals surface area contributed by atoms with E-state index in [-0.39, 0.29) is 19.6 Å². The van der Waals surface area contributed by atoms with Gasteiger partial charge in [0.1, 0.15) is 19.2 Å². The smallest absolute Gasteiger partial charge is 0.407 e. The number of rotatable bonds is 8. The third-order valence-corrected chi connectivity index (χ3v) is 4.54. The molecule has 0 aliphatic carbocycles. The van der Waals surface area contributed by atoms with Crippen LogP contribution in [0.1, 0.15) is 11.1 Å². The van der Waals surface area contributed by atoms with Crippen LogP contribution in [-0.4, -0.2) is 35.7 Å². The Kier molecular flexibility index (Phi) is 7.00. The van der Waals surface area contributed by atoms with Crippen LogP contribution in [0, 0.1) is 0 Å². The van der Waals surface area contributed by atoms with Crippen molar-refractivity contribution in [1.82, 2.24) is 10.6 Å². The standard InChI is InChI=1S/C23H22N2O5/c26-21(14-24-23(29)30-15-16-7-2-1-3-8-16)25-20(22(27)28)13-18-11-6-10-17-9-4-5-12-19(17)18/h1-12,20H,13-15H2,(H,24,29)(H,25,26)(H,27,28)/t20-/m0/s1. The van der Waals surface area contributed by atoms with Crippen molar-refractivity contribution in [2.45, 2.75) is 19.1 Å². The first-order chi connectivity index (χ1) is 14.5. The highest BCUT2D eigenvalue weighted by Crippen LogP contribution is 2.19. The van der Waals surface area contributed by atoms with Gasteiger partial charge in [-0.3, -0.25) is 4.79 Å². The van der Waals surface area contributed by atoms with E-state index in [1.54, 1.807) is 0 Å². The second kappa shape index (κ2) is 10.1. The molecule has 0 saturated heterocycles. The molecule has 0 spiro atoms. The molecular weight excluding hydrogens is 384 g/mol. The second-order valence-corrected chi connectivity index (χ2v) is 6.72. The quantitative estimate of drug-likeness (QED) is 0.534. The Morgan fingerprint density at radius 3 is 2.37 bits per heavy atom. The van der Waals surface area contributed by atoms with Crippen LogP contribution in [0.2, 0.25) is 0 Å². The van der Waals surface area contributed by atoms with Crippen molar-refractivity contribution in [3.63, 3.8) is 0 Å². The molecular formula is C23H22N2O5. The number of carboxylic acids is 1. The van der Waals surface area contributed by atoms with Crippen LogP contribution in [-0.2, 0) is 27.4 Å². The molecule has 0 aliphatic heterocycles. The van der Waals surface area contributed by atoms with E-state index in [4.69, 9.17) is 4.74 Å². The van der Waals surface area contributed by atoms with Gasteiger partial charge in [-0.15, -0.1) is 0 Å². The maximum atomic E-state index is 12.1. The average molecular weight is 406 g/mol. The molecule has 0 fully saturated rings. The molecule has 2 amide bonds. The van der Waals surface area contributed by atoms with Crippen LogP contribution >= 0.6 is 0 Å². The Balaban J connectivity index is 1.52. The van der Waals surface area contributed by atoms with E-state index in [1.807, 2.05) is 72.8 Å². The van der Waals surface area contributed by atoms with Crippen LogP contribution in [0.15, 0.2) is 72.8 Å². The van der Waals surface area contributed by atoms with E-state index >= 15 is 0 Å². The van der Waals surface area contributed by atoms with Crippen molar-refractivity contribution in [3.05, 3.63) is 83.9 Å². The molecule has 3 aromatic rings. The van der Waals surface area contributed by atoms with Gasteiger partial charge in [0.25, 0.3) is 0 Å². The topological polar surface area (TPSA) is 105 Å². The van der Waals surface area contributed by atoms with Crippen molar-refractivity contribution >= 4 is 28.7 Å². The summed E-state index contributed by atoms with van der Waals surface area (Å²) >= 11 is 0. The molecule has 7 nitrogen and oxygen atoms in total. The van der Waals surface area contributed by atoms with Crippen molar-refractivity contribution < 1.29 is 24.2 Å². The van der Waals surface area contributed by atoms with E-state index in [0.29, 0.717) is 0 Å². The first-order valence-corrected chi connectivity index (χ1v) is 9.46. The zero-order valence-corrected chi connectivity index (χ0v) is 16.2. The molecule has 0 saturated carbocycles. The maximum Gasteiger partial charge on any atom is 0.407 e. The number of alkyl carbamates (subject to hydrolysis) is 1. The van der Waals surface area contributed by atoms with Gasteiger partial charge in [-0.1, -0.05) is 72.8 Å². The third kappa shape index (κ3) is 5.81. The Bertz CT molecular complexity index is 1030. The van der Waals surface area contributed by atoms with Crippen LogP contribution in [0.4, 0.5) is 4.79 Å². The van der Waals surface area contributed by atoms with Gasteiger partial charge in [0, 0.05) is 6.42 Å². The van der Waals surface area contributed by atoms with Gasteiger partial charge in [0.2, 0.25) is 5.91 Å². The molecule has 0 bridgehead atoms. The average Bonchev–Trinajstić information content (AvgIpc) is 2.76. The van der Waals surface area contributed by atoms with Gasteiger partial charge >= 0.3 is 12.1 Å². The first kappa shape index (κ1) is 20.9. The first-order valence-electron chi connectivity index (χ1n) is 9.46. The highest BCUT2D eigenvalue weighted by Gasteiger charge is 2.21. The van der Waals surface area contributed by atoms with Gasteiger partial charge in [0.15, 0.2) is 0 Å². The lowest BCUT2D eigenvalue weighted by Gasteiger charge is -2.16. The summed E-state index contributed by atoms with van der Waals surface area (Å²) in [6.45, 7) is -0.305. The number of carboxylic acid groups (broad SMARTS) is 1. The number of nitrogens with one attached hydrogen (secondary N) is 2. The van der Waals surface area contributed by atoms with Crippen molar-refractivity contribution in [3.8, 4) is 0 Å². The van der Waals surface area contributed by atoms with Crippen LogP contribution in [0.3, 0.4) is 0 Å². The molecule has 3 rings (SSSR count). The Hall–Kier alpha value is -3.87. The molecule has 3 aromatic carbocycles. The molecule has 1 atom stereocenters. The monoisotopic (exact) mass is 406 g/mol. The molecule has 0 aromatic heterocycles. The summed E-state index contributed by atoms with van der Waals surface area (Å²) in [5, 5.41) is 16.2. The van der Waals surface area contributed by atoms with Gasteiger partial charge in [-0.05, 0) is 21.9 Å². The number of fused-ring (bicyclic) bond motifs is 1. The Morgan fingerprint density at radius 2 is 1.60 bits per heavy atom. The summed E-state index contributed by atoms with van der Waals surface area (Å²) in [5.41, 5.74) is 1.63. The largest absolute Gasteiger partial charge is 0.480 e. The summed E-state index contributed by atoms with van der Waals surface area (Å²) in [5.74, 6) is -1.76. The molecule has 0 unspecified atom stereocenters. The molecule has 0 radical (unpaired) electrons. The number of hydrogen-bond donors (Lipinski definition) is 3. The summed E-state index contributed by atoms with van der Waals surface area (Å²) in [6, 6.07) is 21.3. The lowest BCUT2D eigenvalue weighted by Crippen LogP contribution is -2.46. The minimum Gasteiger partial charge on any atom is -0.480 e. The Morgan fingerprint density at radius 1 is 0.900 bits per heavy atom. The van der Waals surface area contributed by atoms with E-state index in [0.717, 1.165) is 21.9 Å². The molecule has 0 aliphatic rings. The second-order valence-electron chi connectivity index (χ2n) is 6.72. The number of carbonyl (C=O) groups excluding carboxylic acids is 2. The summed E-state index contributed by atoms with van der Waals surface area (Å²) < 4.78 is 5.03. The van der Waals surface area contributed by atoms with E-state index < -0.39 is 24.0 Å². The fourth-order valence-corrected chi connectivity index (χ4v) is 3.06. The number of amides is 2. The third-order valence-electron chi connectivity index (χ3n) is 4.54. The lowest BCUT2D eigenvalue weighted by atomic mass is 9.99. The number of carbonyl (C=O) groups is 3. The minimum atomic E-state index is -1.15. The normalized spacial score (nSPS) is 11.5. The fraction of sp³-hybridized carbons (Fsp3) is 0.174. The molecule has 154 valence electrons. The van der Waals surface area contributed by atoms with Gasteiger partial charge in [0.05, 0.1) is 0 Å². The van der Waals surface area contributed by atoms with E-state index in [1.165, 1.54) is 0 Å². The zero-order chi connectivity index (χ0) is 21.3. The highest BCUT2D eigenvalue weighted by atomic mass is 16.5. The van der Waals surface area contributed by atoms with Gasteiger partial charge < -0.3 is 20.5 Å². The maximum absolute atomic E-state index is 12.1. The number of benzene rings is 3. The predicted octanol–water partition coefficient (Wildman–Crippen LogP) is 2.88. The lowest BCUT2D eigenvalue weighted by molar-refractivity contribution is -0.141. The molecule has 30 heavy (non-hydrogen) atoms. The SMILES string of the molecule is O=C(CNC(=O)OCc1ccccc1)N[C@@H](Cc1cccc2ccccc12)C(=O)O. The van der Waals surface area contributed by atoms with Crippen LogP contribution < -0.4 is 10.6 Å². The summed E-state index contributed by atoms with van der Waals surface area (Å²) in [7, 11) is 0. The predicted molar refractivity (Wildman–Crippen MR) is 112 cm³/mol. The van der Waals surface area contributed by atoms with Crippen molar-refractivity contribution in [1.29, 1.82) is 0 Å². The zero-order valence-electron chi connectivity index (χ0n) is 16.2. The number of hydrogen-bond acceptors (Lipinski definition) is 4. The van der Waals surface area contributed by atoms with Gasteiger partial charge in [-0.25, -0.2) is 9.59 Å². The summed E-state index contributed by atoms with van der Waals surface area (Å²) in [4.78, 5) is 35.5. The van der Waals surface area contributed by atoms with Crippen LogP contribution in [0.25, 0.3) is 10.8 Å². The number of ether oxygens (including phenoxy) is 1. The van der Waals surface area contributed by atoms with Crippen LogP contribution in [0.5, 0.6) is 0 Å². The van der Waals surface area contributed by atoms with Crippen molar-refractivity contribution in [2.75, 3.05) is 6.54 Å². The van der Waals surface area contributed by atoms with E-state index in [9.17, 15) is 19.5 Å². The summed E-state index contributed by atoms with van der Waals surface area (Å²) in [6.07, 6.45) is -0.629. The van der Waals surface area contributed by atoms with Gasteiger partial charge in [-0.2, -0.15) is 0 Å². The number of aliphatic carboxylic acids is 1. The molecule has 3 N–H and O–H groups in total. The molecule has 7 heteroatoms. The fourth-order valence-electron chi connectivity index (χ4n) is 3.06.